The summed E-state index contributed by atoms with van der Waals surface area (Å²) in [4.78, 5) is 12.1. The number of H-pyrrole nitrogens is 1. The van der Waals surface area contributed by atoms with Crippen LogP contribution < -0.4 is 16.2 Å². The monoisotopic (exact) mass is 438 g/mol. The normalized spacial score (nSPS) is 14.7. The van der Waals surface area contributed by atoms with Gasteiger partial charge in [0.15, 0.2) is 0 Å². The second-order valence-corrected chi connectivity index (χ2v) is 8.83. The zero-order valence-electron chi connectivity index (χ0n) is 17.9. The van der Waals surface area contributed by atoms with Gasteiger partial charge in [0.25, 0.3) is 5.56 Å². The number of benzene rings is 2. The fourth-order valence-corrected chi connectivity index (χ4v) is 4.59. The summed E-state index contributed by atoms with van der Waals surface area (Å²) in [5.41, 5.74) is 2.40. The molecular formula is C25H31ClN4O. The summed E-state index contributed by atoms with van der Waals surface area (Å²) in [5, 5.41) is 16.3. The fourth-order valence-electron chi connectivity index (χ4n) is 4.41. The highest BCUT2D eigenvalue weighted by Crippen LogP contribution is 2.30. The summed E-state index contributed by atoms with van der Waals surface area (Å²) in [6, 6.07) is 14.1. The van der Waals surface area contributed by atoms with Gasteiger partial charge in [-0.1, -0.05) is 61.5 Å². The van der Waals surface area contributed by atoms with E-state index in [4.69, 9.17) is 11.6 Å². The Morgan fingerprint density at radius 1 is 0.968 bits per heavy atom. The molecule has 0 spiro atoms. The minimum atomic E-state index is -0.176. The lowest BCUT2D eigenvalue weighted by molar-refractivity contribution is 0.370. The molecule has 2 aromatic carbocycles. The second-order valence-electron chi connectivity index (χ2n) is 8.42. The SMILES string of the molecule is O=c1[nH]nc(-c2ccc(Cl)c(NCCCCCNC3CCCCC3)c2)c2ccccc12. The van der Waals surface area contributed by atoms with Crippen molar-refractivity contribution in [3.63, 3.8) is 0 Å². The molecule has 1 heterocycles. The van der Waals surface area contributed by atoms with Gasteiger partial charge in [0.1, 0.15) is 0 Å². The first-order chi connectivity index (χ1) is 15.2. The Bertz CT molecular complexity index is 1060. The van der Waals surface area contributed by atoms with Gasteiger partial charge in [-0.25, -0.2) is 5.10 Å². The summed E-state index contributed by atoms with van der Waals surface area (Å²) >= 11 is 6.42. The van der Waals surface area contributed by atoms with E-state index >= 15 is 0 Å². The Morgan fingerprint density at radius 3 is 2.58 bits per heavy atom. The molecule has 0 atom stereocenters. The Hall–Kier alpha value is -2.37. The molecule has 164 valence electrons. The number of unbranched alkanes of at least 4 members (excludes halogenated alkanes) is 2. The molecular weight excluding hydrogens is 408 g/mol. The lowest BCUT2D eigenvalue weighted by atomic mass is 9.95. The topological polar surface area (TPSA) is 69.8 Å². The number of hydrogen-bond donors (Lipinski definition) is 3. The largest absolute Gasteiger partial charge is 0.384 e. The zero-order chi connectivity index (χ0) is 21.5. The van der Waals surface area contributed by atoms with E-state index in [0.29, 0.717) is 10.4 Å². The first kappa shape index (κ1) is 21.8. The third-order valence-corrected chi connectivity index (χ3v) is 6.47. The van der Waals surface area contributed by atoms with Crippen LogP contribution >= 0.6 is 11.6 Å². The Balaban J connectivity index is 1.32. The van der Waals surface area contributed by atoms with Gasteiger partial charge in [0.05, 0.1) is 21.8 Å². The van der Waals surface area contributed by atoms with Crippen LogP contribution in [-0.2, 0) is 0 Å². The third-order valence-electron chi connectivity index (χ3n) is 6.14. The molecule has 31 heavy (non-hydrogen) atoms. The number of rotatable bonds is 9. The van der Waals surface area contributed by atoms with Crippen LogP contribution in [0.1, 0.15) is 51.4 Å². The maximum absolute atomic E-state index is 12.1. The average molecular weight is 439 g/mol. The minimum absolute atomic E-state index is 0.176. The molecule has 1 aliphatic carbocycles. The summed E-state index contributed by atoms with van der Waals surface area (Å²) < 4.78 is 0. The molecule has 0 amide bonds. The quantitative estimate of drug-likeness (QED) is 0.372. The van der Waals surface area contributed by atoms with Crippen molar-refractivity contribution in [1.29, 1.82) is 0 Å². The van der Waals surface area contributed by atoms with Crippen molar-refractivity contribution in [2.45, 2.75) is 57.4 Å². The maximum Gasteiger partial charge on any atom is 0.272 e. The molecule has 0 aliphatic heterocycles. The van der Waals surface area contributed by atoms with E-state index in [9.17, 15) is 4.79 Å². The van der Waals surface area contributed by atoms with Crippen LogP contribution in [0.3, 0.4) is 0 Å². The number of anilines is 1. The predicted molar refractivity (Wildman–Crippen MR) is 130 cm³/mol. The van der Waals surface area contributed by atoms with Crippen molar-refractivity contribution < 1.29 is 0 Å². The van der Waals surface area contributed by atoms with Gasteiger partial charge >= 0.3 is 0 Å². The summed E-state index contributed by atoms with van der Waals surface area (Å²) in [6.45, 7) is 2.00. The standard InChI is InChI=1S/C25H31ClN4O/c26-22-14-13-18(24-20-11-5-6-12-21(20)25(31)30-29-24)17-23(22)28-16-8-2-7-15-27-19-9-3-1-4-10-19/h5-6,11-14,17,19,27-28H,1-4,7-10,15-16H2,(H,30,31). The molecule has 4 rings (SSSR count). The van der Waals surface area contributed by atoms with Crippen LogP contribution in [-0.4, -0.2) is 29.3 Å². The number of hydrogen-bond acceptors (Lipinski definition) is 4. The van der Waals surface area contributed by atoms with Crippen molar-refractivity contribution in [1.82, 2.24) is 15.5 Å². The fraction of sp³-hybridized carbons (Fsp3) is 0.440. The summed E-state index contributed by atoms with van der Waals surface area (Å²) in [7, 11) is 0. The van der Waals surface area contributed by atoms with Gasteiger partial charge in [-0.05, 0) is 50.4 Å². The predicted octanol–water partition coefficient (Wildman–Crippen LogP) is 5.75. The van der Waals surface area contributed by atoms with E-state index in [1.165, 1.54) is 44.9 Å². The highest BCUT2D eigenvalue weighted by Gasteiger charge is 2.12. The lowest BCUT2D eigenvalue weighted by Crippen LogP contribution is -2.31. The number of nitrogens with one attached hydrogen (secondary N) is 3. The van der Waals surface area contributed by atoms with Crippen molar-refractivity contribution in [2.24, 2.45) is 0 Å². The summed E-state index contributed by atoms with van der Waals surface area (Å²) in [6.07, 6.45) is 10.4. The molecule has 5 nitrogen and oxygen atoms in total. The van der Waals surface area contributed by atoms with E-state index in [2.05, 4.69) is 20.8 Å². The number of aromatic amines is 1. The van der Waals surface area contributed by atoms with Crippen molar-refractivity contribution in [3.8, 4) is 11.3 Å². The van der Waals surface area contributed by atoms with Crippen LogP contribution in [0, 0.1) is 0 Å². The van der Waals surface area contributed by atoms with E-state index < -0.39 is 0 Å². The Kier molecular flexibility index (Phi) is 7.60. The number of nitrogens with zero attached hydrogens (tertiary/aromatic N) is 1. The number of halogens is 1. The molecule has 0 unspecified atom stereocenters. The smallest absolute Gasteiger partial charge is 0.272 e. The molecule has 1 saturated carbocycles. The van der Waals surface area contributed by atoms with Crippen LogP contribution in [0.15, 0.2) is 47.3 Å². The molecule has 1 aliphatic rings. The van der Waals surface area contributed by atoms with Crippen LogP contribution in [0.4, 0.5) is 5.69 Å². The average Bonchev–Trinajstić information content (AvgIpc) is 2.81. The van der Waals surface area contributed by atoms with Gasteiger partial charge in [-0.3, -0.25) is 4.79 Å². The Morgan fingerprint density at radius 2 is 1.74 bits per heavy atom. The molecule has 3 N–H and O–H groups in total. The number of aromatic nitrogens is 2. The van der Waals surface area contributed by atoms with Gasteiger partial charge in [0, 0.05) is 23.5 Å². The van der Waals surface area contributed by atoms with Gasteiger partial charge < -0.3 is 10.6 Å². The molecule has 3 aromatic rings. The minimum Gasteiger partial charge on any atom is -0.384 e. The molecule has 1 aromatic heterocycles. The van der Waals surface area contributed by atoms with Crippen LogP contribution in [0.2, 0.25) is 5.02 Å². The lowest BCUT2D eigenvalue weighted by Gasteiger charge is -2.22. The highest BCUT2D eigenvalue weighted by molar-refractivity contribution is 6.33. The zero-order valence-corrected chi connectivity index (χ0v) is 18.7. The molecule has 0 saturated heterocycles. The molecule has 0 bridgehead atoms. The third kappa shape index (κ3) is 5.66. The summed E-state index contributed by atoms with van der Waals surface area (Å²) in [5.74, 6) is 0. The first-order valence-electron chi connectivity index (χ1n) is 11.5. The highest BCUT2D eigenvalue weighted by atomic mass is 35.5. The second kappa shape index (κ2) is 10.8. The van der Waals surface area contributed by atoms with Crippen molar-refractivity contribution in [3.05, 3.63) is 57.8 Å². The molecule has 0 radical (unpaired) electrons. The van der Waals surface area contributed by atoms with E-state index in [1.54, 1.807) is 0 Å². The van der Waals surface area contributed by atoms with E-state index in [1.807, 2.05) is 42.5 Å². The van der Waals surface area contributed by atoms with Gasteiger partial charge in [-0.15, -0.1) is 0 Å². The van der Waals surface area contributed by atoms with Gasteiger partial charge in [-0.2, -0.15) is 5.10 Å². The first-order valence-corrected chi connectivity index (χ1v) is 11.8. The van der Waals surface area contributed by atoms with Gasteiger partial charge in [0.2, 0.25) is 0 Å². The number of fused-ring (bicyclic) bond motifs is 1. The van der Waals surface area contributed by atoms with Crippen molar-refractivity contribution >= 4 is 28.1 Å². The van der Waals surface area contributed by atoms with E-state index in [0.717, 1.165) is 47.9 Å². The van der Waals surface area contributed by atoms with Crippen LogP contribution in [0.5, 0.6) is 0 Å². The van der Waals surface area contributed by atoms with E-state index in [-0.39, 0.29) is 5.56 Å². The van der Waals surface area contributed by atoms with Crippen molar-refractivity contribution in [2.75, 3.05) is 18.4 Å². The maximum atomic E-state index is 12.1. The molecule has 1 fully saturated rings. The Labute approximate surface area is 188 Å². The van der Waals surface area contributed by atoms with Crippen LogP contribution in [0.25, 0.3) is 22.0 Å². The molecule has 6 heteroatoms.